The Kier molecular flexibility index (Phi) is 8.90. The average molecular weight is 622 g/mol. The standard InChI is InChI=1S/C26H25F2IN4O4/c27-16-12-22(32-21-5-4-17(29)14-20(21)28)25(26(30)35)23(13-16)37-19-3-1-2-18(15-19)31-24(34)6-7-33-8-10-36-11-9-33/h1-5,12-15,32H,6-11H2,(H2,30,35)(H,31,34). The molecule has 4 N–H and O–H groups in total. The first-order valence-electron chi connectivity index (χ1n) is 11.5. The van der Waals surface area contributed by atoms with E-state index in [9.17, 15) is 18.4 Å². The van der Waals surface area contributed by atoms with Crippen LogP contribution in [0.15, 0.2) is 54.6 Å². The predicted molar refractivity (Wildman–Crippen MR) is 144 cm³/mol. The molecule has 0 spiro atoms. The zero-order chi connectivity index (χ0) is 26.4. The molecule has 0 radical (unpaired) electrons. The number of hydrogen-bond acceptors (Lipinski definition) is 6. The number of anilines is 3. The van der Waals surface area contributed by atoms with Crippen LogP contribution in [0, 0.1) is 15.2 Å². The highest BCUT2D eigenvalue weighted by molar-refractivity contribution is 14.1. The number of hydrogen-bond donors (Lipinski definition) is 3. The largest absolute Gasteiger partial charge is 0.456 e. The molecule has 4 rings (SSSR count). The fourth-order valence-electron chi connectivity index (χ4n) is 3.82. The van der Waals surface area contributed by atoms with Gasteiger partial charge in [-0.15, -0.1) is 0 Å². The van der Waals surface area contributed by atoms with E-state index in [1.54, 1.807) is 30.3 Å². The van der Waals surface area contributed by atoms with Crippen LogP contribution in [0.1, 0.15) is 16.8 Å². The molecule has 1 saturated heterocycles. The molecule has 0 saturated carbocycles. The quantitative estimate of drug-likeness (QED) is 0.295. The molecule has 1 aliphatic heterocycles. The molecule has 0 bridgehead atoms. The van der Waals surface area contributed by atoms with Crippen molar-refractivity contribution in [2.75, 3.05) is 43.5 Å². The lowest BCUT2D eigenvalue weighted by molar-refractivity contribution is -0.116. The van der Waals surface area contributed by atoms with Crippen LogP contribution in [-0.4, -0.2) is 49.6 Å². The smallest absolute Gasteiger partial charge is 0.254 e. The van der Waals surface area contributed by atoms with Gasteiger partial charge in [-0.2, -0.15) is 0 Å². The van der Waals surface area contributed by atoms with Crippen LogP contribution in [0.25, 0.3) is 0 Å². The maximum Gasteiger partial charge on any atom is 0.254 e. The summed E-state index contributed by atoms with van der Waals surface area (Å²) in [7, 11) is 0. The molecule has 0 unspecified atom stereocenters. The summed E-state index contributed by atoms with van der Waals surface area (Å²) >= 11 is 1.96. The summed E-state index contributed by atoms with van der Waals surface area (Å²) in [6, 6.07) is 13.0. The minimum absolute atomic E-state index is 0.0428. The number of primary amides is 1. The second kappa shape index (κ2) is 12.3. The van der Waals surface area contributed by atoms with Gasteiger partial charge in [0.1, 0.15) is 28.7 Å². The number of nitrogens with two attached hydrogens (primary N) is 1. The molecular weight excluding hydrogens is 597 g/mol. The topological polar surface area (TPSA) is 106 Å². The third-order valence-electron chi connectivity index (χ3n) is 5.62. The van der Waals surface area contributed by atoms with E-state index in [2.05, 4.69) is 15.5 Å². The molecule has 2 amide bonds. The number of amides is 2. The molecular formula is C26H25F2IN4O4. The average Bonchev–Trinajstić information content (AvgIpc) is 2.85. The Bertz CT molecular complexity index is 1300. The molecule has 37 heavy (non-hydrogen) atoms. The normalized spacial score (nSPS) is 13.7. The second-order valence-electron chi connectivity index (χ2n) is 8.32. The van der Waals surface area contributed by atoms with Gasteiger partial charge in [-0.3, -0.25) is 14.5 Å². The van der Waals surface area contributed by atoms with Crippen molar-refractivity contribution < 1.29 is 27.8 Å². The number of rotatable bonds is 9. The summed E-state index contributed by atoms with van der Waals surface area (Å²) < 4.78 is 40.7. The summed E-state index contributed by atoms with van der Waals surface area (Å²) in [5, 5.41) is 5.54. The van der Waals surface area contributed by atoms with E-state index in [0.717, 1.165) is 25.2 Å². The van der Waals surface area contributed by atoms with Gasteiger partial charge in [0.25, 0.3) is 5.91 Å². The summed E-state index contributed by atoms with van der Waals surface area (Å²) in [6.45, 7) is 3.52. The van der Waals surface area contributed by atoms with Crippen LogP contribution in [0.3, 0.4) is 0 Å². The fourth-order valence-corrected chi connectivity index (χ4v) is 4.28. The molecule has 3 aromatic carbocycles. The molecule has 1 fully saturated rings. The van der Waals surface area contributed by atoms with Crippen molar-refractivity contribution >= 4 is 51.5 Å². The molecule has 1 aliphatic rings. The number of carbonyl (C=O) groups is 2. The van der Waals surface area contributed by atoms with E-state index in [4.69, 9.17) is 15.2 Å². The highest BCUT2D eigenvalue weighted by Gasteiger charge is 2.20. The lowest BCUT2D eigenvalue weighted by Crippen LogP contribution is -2.38. The molecule has 0 aromatic heterocycles. The van der Waals surface area contributed by atoms with E-state index in [1.165, 1.54) is 12.1 Å². The molecule has 3 aromatic rings. The number of ether oxygens (including phenoxy) is 2. The first-order chi connectivity index (χ1) is 17.8. The van der Waals surface area contributed by atoms with Gasteiger partial charge in [0, 0.05) is 47.4 Å². The molecule has 0 aliphatic carbocycles. The predicted octanol–water partition coefficient (Wildman–Crippen LogP) is 4.87. The fraction of sp³-hybridized carbons (Fsp3) is 0.231. The number of morpholine rings is 1. The van der Waals surface area contributed by atoms with Gasteiger partial charge in [0.15, 0.2) is 0 Å². The van der Waals surface area contributed by atoms with Crippen molar-refractivity contribution in [2.24, 2.45) is 5.73 Å². The third-order valence-corrected chi connectivity index (χ3v) is 6.29. The number of carbonyl (C=O) groups excluding carboxylic acids is 2. The summed E-state index contributed by atoms with van der Waals surface area (Å²) in [5.41, 5.74) is 5.90. The molecule has 1 heterocycles. The van der Waals surface area contributed by atoms with E-state index < -0.39 is 17.5 Å². The monoisotopic (exact) mass is 622 g/mol. The highest BCUT2D eigenvalue weighted by Crippen LogP contribution is 2.35. The van der Waals surface area contributed by atoms with Crippen molar-refractivity contribution in [1.29, 1.82) is 0 Å². The first-order valence-corrected chi connectivity index (χ1v) is 12.6. The van der Waals surface area contributed by atoms with E-state index in [1.807, 2.05) is 22.6 Å². The molecule has 8 nitrogen and oxygen atoms in total. The van der Waals surface area contributed by atoms with Gasteiger partial charge in [0.2, 0.25) is 5.91 Å². The van der Waals surface area contributed by atoms with E-state index in [0.29, 0.717) is 35.4 Å². The maximum atomic E-state index is 14.5. The Morgan fingerprint density at radius 2 is 1.84 bits per heavy atom. The lowest BCUT2D eigenvalue weighted by atomic mass is 10.1. The minimum atomic E-state index is -0.893. The SMILES string of the molecule is NC(=O)c1c(Nc2ccc(I)cc2F)cc(F)cc1Oc1cccc(NC(=O)CCN2CCOCC2)c1. The number of nitrogens with one attached hydrogen (secondary N) is 2. The van der Waals surface area contributed by atoms with E-state index >= 15 is 0 Å². The molecule has 11 heteroatoms. The third kappa shape index (κ3) is 7.37. The van der Waals surface area contributed by atoms with Gasteiger partial charge < -0.3 is 25.8 Å². The zero-order valence-electron chi connectivity index (χ0n) is 19.7. The van der Waals surface area contributed by atoms with Crippen LogP contribution < -0.4 is 21.1 Å². The highest BCUT2D eigenvalue weighted by atomic mass is 127. The summed E-state index contributed by atoms with van der Waals surface area (Å²) in [5.74, 6) is -2.27. The van der Waals surface area contributed by atoms with Crippen molar-refractivity contribution in [1.82, 2.24) is 4.90 Å². The van der Waals surface area contributed by atoms with Gasteiger partial charge >= 0.3 is 0 Å². The zero-order valence-corrected chi connectivity index (χ0v) is 21.9. The Labute approximate surface area is 226 Å². The Hall–Kier alpha value is -3.29. The molecule has 0 atom stereocenters. The van der Waals surface area contributed by atoms with Crippen molar-refractivity contribution in [3.63, 3.8) is 0 Å². The van der Waals surface area contributed by atoms with Crippen LogP contribution >= 0.6 is 22.6 Å². The Morgan fingerprint density at radius 3 is 2.57 bits per heavy atom. The van der Waals surface area contributed by atoms with Crippen LogP contribution in [0.2, 0.25) is 0 Å². The van der Waals surface area contributed by atoms with Crippen LogP contribution in [0.5, 0.6) is 11.5 Å². The Morgan fingerprint density at radius 1 is 1.05 bits per heavy atom. The second-order valence-corrected chi connectivity index (χ2v) is 9.57. The number of halogens is 3. The summed E-state index contributed by atoms with van der Waals surface area (Å²) in [6.07, 6.45) is 0.310. The van der Waals surface area contributed by atoms with Crippen molar-refractivity contribution in [3.05, 3.63) is 75.4 Å². The van der Waals surface area contributed by atoms with Gasteiger partial charge in [-0.05, 0) is 59.0 Å². The van der Waals surface area contributed by atoms with Gasteiger partial charge in [-0.1, -0.05) is 6.07 Å². The number of nitrogens with zero attached hydrogens (tertiary/aromatic N) is 1. The first kappa shape index (κ1) is 26.8. The minimum Gasteiger partial charge on any atom is -0.456 e. The van der Waals surface area contributed by atoms with Crippen LogP contribution in [0.4, 0.5) is 25.8 Å². The lowest BCUT2D eigenvalue weighted by Gasteiger charge is -2.26. The van der Waals surface area contributed by atoms with Crippen LogP contribution in [-0.2, 0) is 9.53 Å². The van der Waals surface area contributed by atoms with Gasteiger partial charge in [0.05, 0.1) is 24.6 Å². The maximum absolute atomic E-state index is 14.5. The van der Waals surface area contributed by atoms with Gasteiger partial charge in [-0.25, -0.2) is 8.78 Å². The van der Waals surface area contributed by atoms with Crippen molar-refractivity contribution in [2.45, 2.75) is 6.42 Å². The van der Waals surface area contributed by atoms with E-state index in [-0.39, 0.29) is 34.3 Å². The molecule has 194 valence electrons. The van der Waals surface area contributed by atoms with Crippen molar-refractivity contribution in [3.8, 4) is 11.5 Å². The summed E-state index contributed by atoms with van der Waals surface area (Å²) in [4.78, 5) is 26.9. The Balaban J connectivity index is 1.50. The number of benzene rings is 3.